The normalized spacial score (nSPS) is 11.8. The highest BCUT2D eigenvalue weighted by Crippen LogP contribution is 2.29. The Labute approximate surface area is 132 Å². The van der Waals surface area contributed by atoms with E-state index < -0.39 is 17.3 Å². The number of rotatable bonds is 3. The average Bonchev–Trinajstić information content (AvgIpc) is 2.85. The quantitative estimate of drug-likeness (QED) is 0.744. The van der Waals surface area contributed by atoms with Crippen molar-refractivity contribution in [3.63, 3.8) is 0 Å². The monoisotopic (exact) mass is 336 g/mol. The lowest BCUT2D eigenvalue weighted by atomic mass is 10.1. The summed E-state index contributed by atoms with van der Waals surface area (Å²) in [5, 5.41) is 4.08. The molecule has 0 bridgehead atoms. The number of aryl methyl sites for hydroxylation is 1. The highest BCUT2D eigenvalue weighted by Gasteiger charge is 2.30. The number of aldehydes is 1. The molecule has 0 aliphatic rings. The molecule has 0 saturated heterocycles. The van der Waals surface area contributed by atoms with Gasteiger partial charge in [0.25, 0.3) is 5.56 Å². The van der Waals surface area contributed by atoms with Gasteiger partial charge in [0.15, 0.2) is 11.9 Å². The molecule has 0 radical (unpaired) electrons. The lowest BCUT2D eigenvalue weighted by Gasteiger charge is -2.08. The predicted molar refractivity (Wildman–Crippen MR) is 78.8 cm³/mol. The van der Waals surface area contributed by atoms with Gasteiger partial charge in [-0.25, -0.2) is 9.67 Å². The van der Waals surface area contributed by atoms with Crippen LogP contribution in [0.4, 0.5) is 13.2 Å². The van der Waals surface area contributed by atoms with Crippen LogP contribution in [0.25, 0.3) is 11.0 Å². The summed E-state index contributed by atoms with van der Waals surface area (Å²) in [7, 11) is 0. The Morgan fingerprint density at radius 2 is 1.92 bits per heavy atom. The summed E-state index contributed by atoms with van der Waals surface area (Å²) in [6.45, 7) is 1.66. The smallest absolute Gasteiger partial charge is 0.310 e. The SMILES string of the molecule is Cc1nc2c(c(C=O)nn2Cc2ccc(C(F)(F)F)cc2)c(=O)[nH]1. The molecule has 2 aromatic heterocycles. The molecular weight excluding hydrogens is 325 g/mol. The molecule has 0 fully saturated rings. The molecule has 24 heavy (non-hydrogen) atoms. The molecule has 0 saturated carbocycles. The first-order valence-corrected chi connectivity index (χ1v) is 6.88. The van der Waals surface area contributed by atoms with Crippen LogP contribution in [0.15, 0.2) is 29.1 Å². The third-order valence-corrected chi connectivity index (χ3v) is 3.47. The molecule has 0 amide bonds. The number of halogens is 3. The molecule has 1 N–H and O–H groups in total. The summed E-state index contributed by atoms with van der Waals surface area (Å²) in [5.74, 6) is 0.346. The molecule has 6 nitrogen and oxygen atoms in total. The molecule has 0 spiro atoms. The second-order valence-electron chi connectivity index (χ2n) is 5.21. The van der Waals surface area contributed by atoms with Crippen LogP contribution < -0.4 is 5.56 Å². The molecule has 0 aliphatic carbocycles. The van der Waals surface area contributed by atoms with Gasteiger partial charge in [-0.1, -0.05) is 12.1 Å². The van der Waals surface area contributed by atoms with E-state index in [-0.39, 0.29) is 23.3 Å². The molecule has 3 rings (SSSR count). The average molecular weight is 336 g/mol. The topological polar surface area (TPSA) is 80.6 Å². The molecule has 0 aliphatic heterocycles. The van der Waals surface area contributed by atoms with E-state index in [2.05, 4.69) is 15.1 Å². The van der Waals surface area contributed by atoms with E-state index in [1.54, 1.807) is 6.92 Å². The van der Waals surface area contributed by atoms with Crippen molar-refractivity contribution >= 4 is 17.3 Å². The van der Waals surface area contributed by atoms with Crippen molar-refractivity contribution in [3.8, 4) is 0 Å². The second-order valence-corrected chi connectivity index (χ2v) is 5.21. The Balaban J connectivity index is 2.04. The van der Waals surface area contributed by atoms with Crippen molar-refractivity contribution in [2.45, 2.75) is 19.6 Å². The Kier molecular flexibility index (Phi) is 3.70. The first-order chi connectivity index (χ1) is 11.3. The van der Waals surface area contributed by atoms with E-state index >= 15 is 0 Å². The largest absolute Gasteiger partial charge is 0.416 e. The first kappa shape index (κ1) is 15.9. The Morgan fingerprint density at radius 3 is 2.50 bits per heavy atom. The molecule has 3 aromatic rings. The summed E-state index contributed by atoms with van der Waals surface area (Å²) in [4.78, 5) is 29.7. The fourth-order valence-electron chi connectivity index (χ4n) is 2.38. The van der Waals surface area contributed by atoms with Crippen molar-refractivity contribution in [2.24, 2.45) is 0 Å². The van der Waals surface area contributed by atoms with Gasteiger partial charge in [0.1, 0.15) is 16.9 Å². The number of nitrogens with one attached hydrogen (secondary N) is 1. The highest BCUT2D eigenvalue weighted by atomic mass is 19.4. The summed E-state index contributed by atoms with van der Waals surface area (Å²) in [6, 6.07) is 4.56. The number of carbonyl (C=O) groups excluding carboxylic acids is 1. The summed E-state index contributed by atoms with van der Waals surface area (Å²) in [5.41, 5.74) is -0.567. The predicted octanol–water partition coefficient (Wildman–Crippen LogP) is 2.31. The van der Waals surface area contributed by atoms with Crippen LogP contribution in [0, 0.1) is 6.92 Å². The minimum atomic E-state index is -4.41. The third-order valence-electron chi connectivity index (χ3n) is 3.47. The minimum absolute atomic E-state index is 0.0579. The molecule has 9 heteroatoms. The van der Waals surface area contributed by atoms with Crippen molar-refractivity contribution in [1.82, 2.24) is 19.7 Å². The fourth-order valence-corrected chi connectivity index (χ4v) is 2.38. The molecule has 0 unspecified atom stereocenters. The lowest BCUT2D eigenvalue weighted by molar-refractivity contribution is -0.137. The van der Waals surface area contributed by atoms with Gasteiger partial charge >= 0.3 is 6.18 Å². The first-order valence-electron chi connectivity index (χ1n) is 6.88. The van der Waals surface area contributed by atoms with E-state index in [0.717, 1.165) is 12.1 Å². The van der Waals surface area contributed by atoms with E-state index in [9.17, 15) is 22.8 Å². The zero-order valence-electron chi connectivity index (χ0n) is 12.4. The van der Waals surface area contributed by atoms with E-state index in [1.165, 1.54) is 16.8 Å². The van der Waals surface area contributed by atoms with Gasteiger partial charge in [0.05, 0.1) is 12.1 Å². The van der Waals surface area contributed by atoms with Crippen LogP contribution in [-0.4, -0.2) is 26.0 Å². The zero-order valence-corrected chi connectivity index (χ0v) is 12.4. The highest BCUT2D eigenvalue weighted by molar-refractivity contribution is 5.92. The van der Waals surface area contributed by atoms with Crippen LogP contribution in [0.3, 0.4) is 0 Å². The van der Waals surface area contributed by atoms with Crippen LogP contribution in [0.2, 0.25) is 0 Å². The number of H-pyrrole nitrogens is 1. The molecule has 1 aromatic carbocycles. The van der Waals surface area contributed by atoms with Crippen molar-refractivity contribution in [1.29, 1.82) is 0 Å². The Morgan fingerprint density at radius 1 is 1.25 bits per heavy atom. The number of benzene rings is 1. The fraction of sp³-hybridized carbons (Fsp3) is 0.200. The number of hydrogen-bond donors (Lipinski definition) is 1. The number of nitrogens with zero attached hydrogens (tertiary/aromatic N) is 3. The Hall–Kier alpha value is -2.97. The van der Waals surface area contributed by atoms with Crippen molar-refractivity contribution in [2.75, 3.05) is 0 Å². The van der Waals surface area contributed by atoms with Gasteiger partial charge in [-0.2, -0.15) is 18.3 Å². The number of hydrogen-bond acceptors (Lipinski definition) is 4. The zero-order chi connectivity index (χ0) is 17.5. The summed E-state index contributed by atoms with van der Waals surface area (Å²) in [6.07, 6.45) is -3.97. The van der Waals surface area contributed by atoms with Gasteiger partial charge < -0.3 is 4.98 Å². The third kappa shape index (κ3) is 2.80. The van der Waals surface area contributed by atoms with Gasteiger partial charge in [-0.15, -0.1) is 0 Å². The summed E-state index contributed by atoms with van der Waals surface area (Å²) < 4.78 is 39.1. The molecule has 124 valence electrons. The number of carbonyl (C=O) groups is 1. The van der Waals surface area contributed by atoms with E-state index in [0.29, 0.717) is 17.7 Å². The molecule has 2 heterocycles. The Bertz CT molecular complexity index is 971. The van der Waals surface area contributed by atoms with Crippen molar-refractivity contribution < 1.29 is 18.0 Å². The van der Waals surface area contributed by atoms with Crippen LogP contribution in [0.5, 0.6) is 0 Å². The summed E-state index contributed by atoms with van der Waals surface area (Å²) >= 11 is 0. The maximum absolute atomic E-state index is 12.6. The van der Waals surface area contributed by atoms with Gasteiger partial charge in [-0.05, 0) is 24.6 Å². The van der Waals surface area contributed by atoms with Gasteiger partial charge in [0, 0.05) is 0 Å². The number of aromatic nitrogens is 4. The lowest BCUT2D eigenvalue weighted by Crippen LogP contribution is -2.11. The maximum Gasteiger partial charge on any atom is 0.416 e. The van der Waals surface area contributed by atoms with Gasteiger partial charge in [0.2, 0.25) is 0 Å². The second kappa shape index (κ2) is 5.59. The molecule has 0 atom stereocenters. The van der Waals surface area contributed by atoms with Crippen molar-refractivity contribution in [3.05, 3.63) is 57.3 Å². The van der Waals surface area contributed by atoms with E-state index in [1.807, 2.05) is 0 Å². The molecular formula is C15H11F3N4O2. The van der Waals surface area contributed by atoms with Crippen LogP contribution in [0.1, 0.15) is 27.4 Å². The maximum atomic E-state index is 12.6. The van der Waals surface area contributed by atoms with Crippen LogP contribution in [-0.2, 0) is 12.7 Å². The number of alkyl halides is 3. The standard InChI is InChI=1S/C15H11F3N4O2/c1-8-19-13-12(14(24)20-8)11(7-23)21-22(13)6-9-2-4-10(5-3-9)15(16,17)18/h2-5,7H,6H2,1H3,(H,19,20,24). The van der Waals surface area contributed by atoms with Gasteiger partial charge in [-0.3, -0.25) is 9.59 Å². The number of aromatic amines is 1. The van der Waals surface area contributed by atoms with Crippen LogP contribution >= 0.6 is 0 Å². The number of fused-ring (bicyclic) bond motifs is 1. The van der Waals surface area contributed by atoms with E-state index in [4.69, 9.17) is 0 Å². The minimum Gasteiger partial charge on any atom is -0.310 e.